The van der Waals surface area contributed by atoms with Crippen LogP contribution in [0.1, 0.15) is 0 Å². The van der Waals surface area contributed by atoms with E-state index in [4.69, 9.17) is 19.4 Å². The topological polar surface area (TPSA) is 56.7 Å². The number of aromatic nitrogens is 4. The van der Waals surface area contributed by atoms with Crippen LogP contribution in [0.3, 0.4) is 0 Å². The molecule has 4 aromatic heterocycles. The van der Waals surface area contributed by atoms with E-state index in [1.54, 1.807) is 0 Å². The molecule has 0 spiro atoms. The van der Waals surface area contributed by atoms with Gasteiger partial charge in [-0.3, -0.25) is 0 Å². The van der Waals surface area contributed by atoms with Gasteiger partial charge in [-0.25, -0.2) is 15.0 Å². The molecule has 4 heterocycles. The van der Waals surface area contributed by atoms with Gasteiger partial charge < -0.3 is 8.98 Å². The third kappa shape index (κ3) is 4.37. The molecule has 0 radical (unpaired) electrons. The molecule has 0 unspecified atom stereocenters. The maximum absolute atomic E-state index is 6.64. The number of hydrogen-bond donors (Lipinski definition) is 0. The predicted octanol–water partition coefficient (Wildman–Crippen LogP) is 12.2. The zero-order valence-corrected chi connectivity index (χ0v) is 27.9. The molecule has 7 aromatic carbocycles. The maximum atomic E-state index is 6.64. The van der Waals surface area contributed by atoms with Gasteiger partial charge in [0, 0.05) is 64.5 Å². The lowest BCUT2D eigenvalue weighted by Crippen LogP contribution is -2.01. The van der Waals surface area contributed by atoms with Gasteiger partial charge in [-0.1, -0.05) is 115 Å². The zero-order chi connectivity index (χ0) is 33.5. The summed E-state index contributed by atoms with van der Waals surface area (Å²) < 4.78 is 11.6. The van der Waals surface area contributed by atoms with Crippen molar-refractivity contribution in [3.05, 3.63) is 158 Å². The van der Waals surface area contributed by atoms with Crippen molar-refractivity contribution < 1.29 is 4.42 Å². The first-order valence-corrected chi connectivity index (χ1v) is 17.8. The Hall–Kier alpha value is -6.63. The largest absolute Gasteiger partial charge is 0.456 e. The van der Waals surface area contributed by atoms with E-state index in [-0.39, 0.29) is 0 Å². The second kappa shape index (κ2) is 10.9. The summed E-state index contributed by atoms with van der Waals surface area (Å²) in [4.78, 5) is 15.3. The molecule has 0 aliphatic rings. The van der Waals surface area contributed by atoms with Crippen LogP contribution in [0.2, 0.25) is 0 Å². The van der Waals surface area contributed by atoms with Gasteiger partial charge in [-0.05, 0) is 36.4 Å². The van der Waals surface area contributed by atoms with Gasteiger partial charge >= 0.3 is 0 Å². The Balaban J connectivity index is 1.25. The normalized spacial score (nSPS) is 11.9. The first kappa shape index (κ1) is 28.2. The summed E-state index contributed by atoms with van der Waals surface area (Å²) in [5, 5.41) is 6.95. The molecular formula is C45H26N4OS. The Kier molecular flexibility index (Phi) is 6.05. The van der Waals surface area contributed by atoms with E-state index in [1.165, 1.54) is 30.9 Å². The molecule has 0 atom stereocenters. The zero-order valence-electron chi connectivity index (χ0n) is 27.1. The molecule has 0 aliphatic carbocycles. The van der Waals surface area contributed by atoms with E-state index in [0.717, 1.165) is 55.3 Å². The summed E-state index contributed by atoms with van der Waals surface area (Å²) in [5.41, 5.74) is 7.58. The Morgan fingerprint density at radius 3 is 1.82 bits per heavy atom. The van der Waals surface area contributed by atoms with Gasteiger partial charge in [0.2, 0.25) is 0 Å². The van der Waals surface area contributed by atoms with Crippen molar-refractivity contribution in [2.24, 2.45) is 0 Å². The monoisotopic (exact) mass is 670 g/mol. The summed E-state index contributed by atoms with van der Waals surface area (Å²) in [5.74, 6) is 1.83. The van der Waals surface area contributed by atoms with Crippen LogP contribution in [-0.4, -0.2) is 19.5 Å². The fraction of sp³-hybridized carbons (Fsp3) is 0. The van der Waals surface area contributed by atoms with Gasteiger partial charge in [0.1, 0.15) is 11.2 Å². The number of nitrogens with zero attached hydrogens (tertiary/aromatic N) is 4. The van der Waals surface area contributed by atoms with Crippen molar-refractivity contribution in [1.29, 1.82) is 0 Å². The van der Waals surface area contributed by atoms with Gasteiger partial charge in [-0.2, -0.15) is 0 Å². The lowest BCUT2D eigenvalue weighted by Gasteiger charge is -2.13. The number of furan rings is 1. The molecule has 11 aromatic rings. The molecule has 0 fully saturated rings. The number of fused-ring (bicyclic) bond motifs is 9. The average Bonchev–Trinajstić information content (AvgIpc) is 3.86. The summed E-state index contributed by atoms with van der Waals surface area (Å²) in [6.07, 6.45) is 0. The maximum Gasteiger partial charge on any atom is 0.164 e. The van der Waals surface area contributed by atoms with Crippen molar-refractivity contribution in [2.45, 2.75) is 0 Å². The van der Waals surface area contributed by atoms with Crippen LogP contribution in [0, 0.1) is 0 Å². The second-order valence-corrected chi connectivity index (χ2v) is 13.9. The van der Waals surface area contributed by atoms with Crippen molar-refractivity contribution in [1.82, 2.24) is 19.5 Å². The lowest BCUT2D eigenvalue weighted by atomic mass is 10.0. The Morgan fingerprint density at radius 1 is 0.431 bits per heavy atom. The van der Waals surface area contributed by atoms with Gasteiger partial charge in [0.25, 0.3) is 0 Å². The minimum atomic E-state index is 0.591. The molecule has 0 aliphatic heterocycles. The smallest absolute Gasteiger partial charge is 0.164 e. The molecule has 11 rings (SSSR count). The summed E-state index contributed by atoms with van der Waals surface area (Å²) in [7, 11) is 0. The van der Waals surface area contributed by atoms with Crippen molar-refractivity contribution in [3.8, 4) is 39.9 Å². The van der Waals surface area contributed by atoms with E-state index in [1.807, 2.05) is 84.1 Å². The van der Waals surface area contributed by atoms with Crippen LogP contribution in [0.15, 0.2) is 162 Å². The van der Waals surface area contributed by atoms with Crippen LogP contribution in [0.25, 0.3) is 104 Å². The number of hydrogen-bond acceptors (Lipinski definition) is 5. The van der Waals surface area contributed by atoms with Gasteiger partial charge in [-0.15, -0.1) is 11.3 Å². The number of rotatable bonds is 4. The first-order valence-electron chi connectivity index (χ1n) is 16.9. The average molecular weight is 671 g/mol. The van der Waals surface area contributed by atoms with Crippen LogP contribution in [-0.2, 0) is 0 Å². The molecule has 5 nitrogen and oxygen atoms in total. The van der Waals surface area contributed by atoms with Crippen molar-refractivity contribution in [2.75, 3.05) is 0 Å². The highest BCUT2D eigenvalue weighted by Gasteiger charge is 2.22. The third-order valence-corrected chi connectivity index (χ3v) is 11.0. The number of thiophene rings is 1. The summed E-state index contributed by atoms with van der Waals surface area (Å²) in [6, 6.07) is 54.9. The van der Waals surface area contributed by atoms with E-state index >= 15 is 0 Å². The Labute approximate surface area is 295 Å². The summed E-state index contributed by atoms with van der Waals surface area (Å²) >= 11 is 1.85. The highest BCUT2D eigenvalue weighted by atomic mass is 32.1. The van der Waals surface area contributed by atoms with E-state index in [0.29, 0.717) is 17.5 Å². The van der Waals surface area contributed by atoms with Crippen LogP contribution in [0.4, 0.5) is 0 Å². The molecule has 51 heavy (non-hydrogen) atoms. The van der Waals surface area contributed by atoms with Gasteiger partial charge in [0.05, 0.1) is 16.7 Å². The van der Waals surface area contributed by atoms with Crippen LogP contribution >= 0.6 is 11.3 Å². The SMILES string of the molecule is c1ccc(-c2nc(-c3ccccc3)nc(-c3cc(-n4c5ccccc5c5cc6sc7ccccc7c6cc54)cc4oc5ccccc5c34)n2)cc1. The molecule has 6 heteroatoms. The number of para-hydroxylation sites is 2. The predicted molar refractivity (Wildman–Crippen MR) is 211 cm³/mol. The fourth-order valence-corrected chi connectivity index (χ4v) is 8.67. The quantitative estimate of drug-likeness (QED) is 0.187. The van der Waals surface area contributed by atoms with E-state index in [2.05, 4.69) is 89.5 Å². The van der Waals surface area contributed by atoms with Gasteiger partial charge in [0.15, 0.2) is 17.5 Å². The van der Waals surface area contributed by atoms with Crippen LogP contribution < -0.4 is 0 Å². The van der Waals surface area contributed by atoms with Crippen molar-refractivity contribution >= 4 is 75.3 Å². The van der Waals surface area contributed by atoms with Crippen LogP contribution in [0.5, 0.6) is 0 Å². The lowest BCUT2D eigenvalue weighted by molar-refractivity contribution is 0.668. The minimum Gasteiger partial charge on any atom is -0.456 e. The number of benzene rings is 7. The molecule has 238 valence electrons. The van der Waals surface area contributed by atoms with E-state index in [9.17, 15) is 0 Å². The molecule has 0 saturated heterocycles. The molecule has 0 bridgehead atoms. The first-order chi connectivity index (χ1) is 25.3. The second-order valence-electron chi connectivity index (χ2n) is 12.8. The molecule has 0 amide bonds. The minimum absolute atomic E-state index is 0.591. The summed E-state index contributed by atoms with van der Waals surface area (Å²) in [6.45, 7) is 0. The Bertz CT molecular complexity index is 3080. The highest BCUT2D eigenvalue weighted by molar-refractivity contribution is 7.25. The van der Waals surface area contributed by atoms with E-state index < -0.39 is 0 Å². The molecule has 0 saturated carbocycles. The highest BCUT2D eigenvalue weighted by Crippen LogP contribution is 2.43. The molecular weight excluding hydrogens is 645 g/mol. The third-order valence-electron chi connectivity index (χ3n) is 9.83. The Morgan fingerprint density at radius 2 is 1.06 bits per heavy atom. The standard InChI is InChI=1S/C45H26N4OS/c1-3-13-27(14-4-1)43-46-44(28-15-5-2-6-16-28)48-45(47-43)35-23-29(24-39-42(35)32-19-8-11-21-38(32)50-39)49-36-20-10-7-17-30(36)33-26-41-34(25-37(33)49)31-18-9-12-22-40(31)51-41/h1-26H. The fourth-order valence-electron chi connectivity index (χ4n) is 7.54. The molecule has 0 N–H and O–H groups in total. The van der Waals surface area contributed by atoms with Crippen molar-refractivity contribution in [3.63, 3.8) is 0 Å².